The van der Waals surface area contributed by atoms with E-state index < -0.39 is 17.8 Å². The van der Waals surface area contributed by atoms with Gasteiger partial charge in [-0.15, -0.1) is 0 Å². The van der Waals surface area contributed by atoms with Gasteiger partial charge in [0, 0.05) is 16.9 Å². The summed E-state index contributed by atoms with van der Waals surface area (Å²) in [5, 5.41) is 5.33. The molecule has 0 spiro atoms. The van der Waals surface area contributed by atoms with Crippen LogP contribution in [0.25, 0.3) is 0 Å². The number of amides is 3. The molecule has 4 rings (SSSR count). The summed E-state index contributed by atoms with van der Waals surface area (Å²) in [5.74, 6) is -2.42. The number of carbonyl (C=O) groups excluding carboxylic acids is 4. The minimum Gasteiger partial charge on any atom is -0.462 e. The molecule has 3 amide bonds. The summed E-state index contributed by atoms with van der Waals surface area (Å²) < 4.78 is 5.18. The Kier molecular flexibility index (Phi) is 7.46. The van der Waals surface area contributed by atoms with Crippen molar-refractivity contribution < 1.29 is 23.9 Å². The number of imide groups is 1. The first kappa shape index (κ1) is 24.7. The van der Waals surface area contributed by atoms with Crippen molar-refractivity contribution in [3.05, 3.63) is 101 Å². The van der Waals surface area contributed by atoms with E-state index in [1.54, 1.807) is 48.5 Å². The normalized spacial score (nSPS) is 13.1. The number of para-hydroxylation sites is 2. The Labute approximate surface area is 212 Å². The Balaban J connectivity index is 1.51. The molecule has 9 heteroatoms. The average molecular weight is 504 g/mol. The second-order valence-electron chi connectivity index (χ2n) is 7.81. The molecule has 3 aromatic rings. The van der Waals surface area contributed by atoms with Gasteiger partial charge in [-0.05, 0) is 55.0 Å². The summed E-state index contributed by atoms with van der Waals surface area (Å²) in [6.45, 7) is 2.07. The zero-order valence-electron chi connectivity index (χ0n) is 19.3. The fourth-order valence-electron chi connectivity index (χ4n) is 3.52. The number of rotatable bonds is 8. The van der Waals surface area contributed by atoms with Crippen molar-refractivity contribution in [3.63, 3.8) is 0 Å². The van der Waals surface area contributed by atoms with E-state index >= 15 is 0 Å². The lowest BCUT2D eigenvalue weighted by atomic mass is 10.1. The quantitative estimate of drug-likeness (QED) is 0.333. The number of hydrogen-bond donors (Lipinski definition) is 2. The monoisotopic (exact) mass is 503 g/mol. The van der Waals surface area contributed by atoms with Crippen molar-refractivity contribution in [2.75, 3.05) is 22.1 Å². The lowest BCUT2D eigenvalue weighted by Gasteiger charge is -2.18. The third-order valence-corrected chi connectivity index (χ3v) is 5.63. The maximum absolute atomic E-state index is 13.2. The van der Waals surface area contributed by atoms with Crippen LogP contribution < -0.4 is 15.5 Å². The molecule has 36 heavy (non-hydrogen) atoms. The van der Waals surface area contributed by atoms with Gasteiger partial charge in [-0.3, -0.25) is 14.4 Å². The third-order valence-electron chi connectivity index (χ3n) is 5.28. The molecule has 0 saturated heterocycles. The van der Waals surface area contributed by atoms with Crippen LogP contribution in [0, 0.1) is 0 Å². The van der Waals surface area contributed by atoms with Crippen LogP contribution in [-0.4, -0.2) is 30.3 Å². The van der Waals surface area contributed by atoms with Gasteiger partial charge in [0.1, 0.15) is 10.7 Å². The van der Waals surface area contributed by atoms with E-state index in [-0.39, 0.29) is 34.5 Å². The standard InChI is InChI=1S/C27H22ClN3O5/c1-2-16-36-27(35)20-10-6-7-11-21(20)31-25(33)22(28)23(26(31)34)29-19-14-12-17(13-15-19)24(32)30-18-8-4-3-5-9-18/h3-15,29H,2,16H2,1H3,(H,30,32). The van der Waals surface area contributed by atoms with Gasteiger partial charge >= 0.3 is 5.97 Å². The molecule has 182 valence electrons. The summed E-state index contributed by atoms with van der Waals surface area (Å²) in [7, 11) is 0. The minimum atomic E-state index is -0.765. The maximum Gasteiger partial charge on any atom is 0.340 e. The van der Waals surface area contributed by atoms with E-state index in [9.17, 15) is 19.2 Å². The molecule has 3 aromatic carbocycles. The van der Waals surface area contributed by atoms with Crippen molar-refractivity contribution in [2.45, 2.75) is 13.3 Å². The Bertz CT molecular complexity index is 1350. The first-order chi connectivity index (χ1) is 17.4. The molecule has 0 aliphatic carbocycles. The first-order valence-electron chi connectivity index (χ1n) is 11.2. The highest BCUT2D eigenvalue weighted by Gasteiger charge is 2.40. The maximum atomic E-state index is 13.2. The van der Waals surface area contributed by atoms with Crippen LogP contribution in [-0.2, 0) is 14.3 Å². The number of hydrogen-bond acceptors (Lipinski definition) is 6. The van der Waals surface area contributed by atoms with Gasteiger partial charge in [0.15, 0.2) is 0 Å². The number of ether oxygens (including phenoxy) is 1. The number of anilines is 3. The molecule has 0 radical (unpaired) electrons. The van der Waals surface area contributed by atoms with Crippen molar-refractivity contribution in [1.82, 2.24) is 0 Å². The smallest absolute Gasteiger partial charge is 0.340 e. The summed E-state index contributed by atoms with van der Waals surface area (Å²) >= 11 is 6.23. The van der Waals surface area contributed by atoms with E-state index in [0.717, 1.165) is 4.90 Å². The zero-order valence-corrected chi connectivity index (χ0v) is 20.0. The second kappa shape index (κ2) is 10.9. The van der Waals surface area contributed by atoms with Crippen LogP contribution in [0.1, 0.15) is 34.1 Å². The molecule has 0 saturated carbocycles. The summed E-state index contributed by atoms with van der Waals surface area (Å²) in [6, 6.07) is 21.5. The largest absolute Gasteiger partial charge is 0.462 e. The molecule has 0 bridgehead atoms. The topological polar surface area (TPSA) is 105 Å². The summed E-state index contributed by atoms with van der Waals surface area (Å²) in [5.41, 5.74) is 1.52. The van der Waals surface area contributed by atoms with Gasteiger partial charge in [-0.1, -0.05) is 48.9 Å². The van der Waals surface area contributed by atoms with Crippen LogP contribution in [0.4, 0.5) is 17.1 Å². The minimum absolute atomic E-state index is 0.0761. The van der Waals surface area contributed by atoms with E-state index in [1.165, 1.54) is 12.1 Å². The van der Waals surface area contributed by atoms with E-state index in [4.69, 9.17) is 16.3 Å². The fourth-order valence-corrected chi connectivity index (χ4v) is 3.73. The zero-order chi connectivity index (χ0) is 25.7. The third kappa shape index (κ3) is 5.13. The molecule has 2 N–H and O–H groups in total. The summed E-state index contributed by atoms with van der Waals surface area (Å²) in [6.07, 6.45) is 0.629. The Morgan fingerprint density at radius 1 is 0.861 bits per heavy atom. The van der Waals surface area contributed by atoms with E-state index in [1.807, 2.05) is 25.1 Å². The molecule has 0 atom stereocenters. The van der Waals surface area contributed by atoms with E-state index in [0.29, 0.717) is 23.4 Å². The molecule has 0 unspecified atom stereocenters. The number of carbonyl (C=O) groups is 4. The van der Waals surface area contributed by atoms with Crippen molar-refractivity contribution in [3.8, 4) is 0 Å². The summed E-state index contributed by atoms with van der Waals surface area (Å²) in [4.78, 5) is 51.9. The number of esters is 1. The van der Waals surface area contributed by atoms with Crippen molar-refractivity contribution >= 4 is 52.4 Å². The van der Waals surface area contributed by atoms with Gasteiger partial charge in [0.2, 0.25) is 0 Å². The average Bonchev–Trinajstić information content (AvgIpc) is 3.11. The van der Waals surface area contributed by atoms with Gasteiger partial charge in [0.25, 0.3) is 17.7 Å². The number of nitrogens with zero attached hydrogens (tertiary/aromatic N) is 1. The molecular formula is C27H22ClN3O5. The van der Waals surface area contributed by atoms with Crippen molar-refractivity contribution in [1.29, 1.82) is 0 Å². The molecule has 8 nitrogen and oxygen atoms in total. The van der Waals surface area contributed by atoms with E-state index in [2.05, 4.69) is 10.6 Å². The molecule has 1 aliphatic rings. The highest BCUT2D eigenvalue weighted by atomic mass is 35.5. The molecular weight excluding hydrogens is 482 g/mol. The predicted octanol–water partition coefficient (Wildman–Crippen LogP) is 4.94. The van der Waals surface area contributed by atoms with Crippen LogP contribution in [0.5, 0.6) is 0 Å². The predicted molar refractivity (Wildman–Crippen MR) is 137 cm³/mol. The number of nitrogens with one attached hydrogen (secondary N) is 2. The fraction of sp³-hybridized carbons (Fsp3) is 0.111. The van der Waals surface area contributed by atoms with Gasteiger partial charge in [-0.2, -0.15) is 0 Å². The lowest BCUT2D eigenvalue weighted by molar-refractivity contribution is -0.120. The Morgan fingerprint density at radius 2 is 1.53 bits per heavy atom. The molecule has 0 fully saturated rings. The van der Waals surface area contributed by atoms with Gasteiger partial charge in [-0.25, -0.2) is 9.69 Å². The highest BCUT2D eigenvalue weighted by molar-refractivity contribution is 6.53. The lowest BCUT2D eigenvalue weighted by Crippen LogP contribution is -2.33. The van der Waals surface area contributed by atoms with Crippen molar-refractivity contribution in [2.24, 2.45) is 0 Å². The van der Waals surface area contributed by atoms with Crippen LogP contribution in [0.3, 0.4) is 0 Å². The molecule has 1 aliphatic heterocycles. The van der Waals surface area contributed by atoms with Gasteiger partial charge < -0.3 is 15.4 Å². The van der Waals surface area contributed by atoms with Crippen LogP contribution in [0.2, 0.25) is 0 Å². The van der Waals surface area contributed by atoms with Gasteiger partial charge in [0.05, 0.1) is 17.9 Å². The molecule has 0 aromatic heterocycles. The van der Waals surface area contributed by atoms with Crippen LogP contribution in [0.15, 0.2) is 89.6 Å². The van der Waals surface area contributed by atoms with Crippen LogP contribution >= 0.6 is 11.6 Å². The Hall–Kier alpha value is -4.43. The SMILES string of the molecule is CCCOC(=O)c1ccccc1N1C(=O)C(Cl)=C(Nc2ccc(C(=O)Nc3ccccc3)cc2)C1=O. The number of benzene rings is 3. The highest BCUT2D eigenvalue weighted by Crippen LogP contribution is 2.32. The Morgan fingerprint density at radius 3 is 2.22 bits per heavy atom. The first-order valence-corrected chi connectivity index (χ1v) is 11.6. The molecule has 1 heterocycles. The number of halogens is 1. The second-order valence-corrected chi connectivity index (χ2v) is 8.19.